The Hall–Kier alpha value is -3.05. The van der Waals surface area contributed by atoms with Crippen molar-refractivity contribution < 1.29 is 32.2 Å². The van der Waals surface area contributed by atoms with Crippen LogP contribution < -0.4 is 14.8 Å². The predicted molar refractivity (Wildman–Crippen MR) is 133 cm³/mol. The molecule has 1 N–H and O–H groups in total. The van der Waals surface area contributed by atoms with Crippen LogP contribution in [0.4, 0.5) is 5.69 Å². The highest BCUT2D eigenvalue weighted by Gasteiger charge is 2.39. The van der Waals surface area contributed by atoms with Crippen molar-refractivity contribution in [2.24, 2.45) is 5.92 Å². The van der Waals surface area contributed by atoms with E-state index < -0.39 is 21.9 Å². The highest BCUT2D eigenvalue weighted by molar-refractivity contribution is 7.89. The molecule has 2 aromatic rings. The molecule has 4 rings (SSSR count). The summed E-state index contributed by atoms with van der Waals surface area (Å²) in [5.41, 5.74) is 1.66. The van der Waals surface area contributed by atoms with Crippen LogP contribution in [0.1, 0.15) is 48.4 Å². The van der Waals surface area contributed by atoms with Gasteiger partial charge in [-0.05, 0) is 52.7 Å². The van der Waals surface area contributed by atoms with Crippen molar-refractivity contribution in [3.05, 3.63) is 35.2 Å². The fourth-order valence-electron chi connectivity index (χ4n) is 4.96. The normalized spacial score (nSPS) is 18.1. The maximum absolute atomic E-state index is 13.8. The van der Waals surface area contributed by atoms with Gasteiger partial charge in [-0.25, -0.2) is 13.2 Å². The first kappa shape index (κ1) is 26.0. The number of hydrogen-bond donors (Lipinski definition) is 1. The first-order valence-corrected chi connectivity index (χ1v) is 13.7. The van der Waals surface area contributed by atoms with Crippen molar-refractivity contribution in [1.29, 1.82) is 0 Å². The number of rotatable bonds is 7. The van der Waals surface area contributed by atoms with Crippen molar-refractivity contribution in [3.63, 3.8) is 0 Å². The quantitative estimate of drug-likeness (QED) is 0.559. The number of anilines is 1. The standard InChI is InChI=1S/C25H33N3O7S/c1-5-28-16(3)22(25(30)33-6-2)23(17(28)4)36(31,32)27-11-7-8-18(15-27)24(29)26-19-9-10-20-21(14-19)35-13-12-34-20/h9-10,14,18H,5-8,11-13,15H2,1-4H3,(H,26,29). The molecule has 36 heavy (non-hydrogen) atoms. The summed E-state index contributed by atoms with van der Waals surface area (Å²) in [4.78, 5) is 25.8. The number of carbonyl (C=O) groups excluding carboxylic acids is 2. The van der Waals surface area contributed by atoms with Gasteiger partial charge in [0.1, 0.15) is 23.7 Å². The van der Waals surface area contributed by atoms with Gasteiger partial charge in [0.15, 0.2) is 11.5 Å². The van der Waals surface area contributed by atoms with Crippen molar-refractivity contribution >= 4 is 27.6 Å². The summed E-state index contributed by atoms with van der Waals surface area (Å²) in [6.45, 7) is 8.86. The summed E-state index contributed by atoms with van der Waals surface area (Å²) >= 11 is 0. The second kappa shape index (κ2) is 10.5. The third-order valence-corrected chi connectivity index (χ3v) is 8.71. The number of aromatic nitrogens is 1. The molecule has 3 heterocycles. The van der Waals surface area contributed by atoms with Crippen LogP contribution in [0.25, 0.3) is 0 Å². The lowest BCUT2D eigenvalue weighted by atomic mass is 9.98. The van der Waals surface area contributed by atoms with E-state index in [1.54, 1.807) is 43.5 Å². The zero-order valence-electron chi connectivity index (χ0n) is 21.1. The molecule has 196 valence electrons. The molecule has 1 saturated heterocycles. The molecular formula is C25H33N3O7S. The SMILES string of the molecule is CCOC(=O)c1c(S(=O)(=O)N2CCCC(C(=O)Nc3ccc4c(c3)OCCO4)C2)c(C)n(CC)c1C. The molecule has 1 aromatic carbocycles. The summed E-state index contributed by atoms with van der Waals surface area (Å²) in [7, 11) is -4.05. The van der Waals surface area contributed by atoms with Crippen LogP contribution in [0.2, 0.25) is 0 Å². The molecule has 2 aliphatic heterocycles. The number of amides is 1. The lowest BCUT2D eigenvalue weighted by Gasteiger charge is -2.31. The Morgan fingerprint density at radius 3 is 2.53 bits per heavy atom. The second-order valence-corrected chi connectivity index (χ2v) is 10.8. The third-order valence-electron chi connectivity index (χ3n) is 6.69. The molecule has 1 unspecified atom stereocenters. The van der Waals surface area contributed by atoms with Crippen molar-refractivity contribution in [2.45, 2.75) is 52.0 Å². The Bertz CT molecular complexity index is 1270. The number of benzene rings is 1. The second-order valence-electron chi connectivity index (χ2n) is 8.89. The smallest absolute Gasteiger partial charge is 0.341 e. The van der Waals surface area contributed by atoms with Crippen molar-refractivity contribution in [1.82, 2.24) is 8.87 Å². The van der Waals surface area contributed by atoms with Crippen LogP contribution in [0.3, 0.4) is 0 Å². The molecular weight excluding hydrogens is 486 g/mol. The fraction of sp³-hybridized carbons (Fsp3) is 0.520. The van der Waals surface area contributed by atoms with Gasteiger partial charge in [0.2, 0.25) is 15.9 Å². The number of sulfonamides is 1. The van der Waals surface area contributed by atoms with E-state index in [0.29, 0.717) is 61.2 Å². The molecule has 0 bridgehead atoms. The molecule has 2 aliphatic rings. The monoisotopic (exact) mass is 519 g/mol. The number of fused-ring (bicyclic) bond motifs is 1. The van der Waals surface area contributed by atoms with E-state index in [0.717, 1.165) is 0 Å². The number of ether oxygens (including phenoxy) is 3. The van der Waals surface area contributed by atoms with Gasteiger partial charge in [-0.15, -0.1) is 0 Å². The Balaban J connectivity index is 1.57. The number of hydrogen-bond acceptors (Lipinski definition) is 7. The molecule has 1 aromatic heterocycles. The predicted octanol–water partition coefficient (Wildman–Crippen LogP) is 3.11. The number of nitrogens with one attached hydrogen (secondary N) is 1. The van der Waals surface area contributed by atoms with Gasteiger partial charge in [-0.3, -0.25) is 4.79 Å². The molecule has 1 fully saturated rings. The van der Waals surface area contributed by atoms with Gasteiger partial charge in [0.05, 0.1) is 12.5 Å². The zero-order chi connectivity index (χ0) is 26.0. The summed E-state index contributed by atoms with van der Waals surface area (Å²) in [5, 5.41) is 2.88. The number of nitrogens with zero attached hydrogens (tertiary/aromatic N) is 2. The first-order valence-electron chi connectivity index (χ1n) is 12.3. The van der Waals surface area contributed by atoms with E-state index >= 15 is 0 Å². The van der Waals surface area contributed by atoms with E-state index in [-0.39, 0.29) is 36.1 Å². The first-order chi connectivity index (χ1) is 17.2. The highest BCUT2D eigenvalue weighted by atomic mass is 32.2. The lowest BCUT2D eigenvalue weighted by Crippen LogP contribution is -2.44. The average molecular weight is 520 g/mol. The number of carbonyl (C=O) groups is 2. The minimum atomic E-state index is -4.05. The van der Waals surface area contributed by atoms with Crippen LogP contribution >= 0.6 is 0 Å². The van der Waals surface area contributed by atoms with E-state index in [4.69, 9.17) is 14.2 Å². The lowest BCUT2D eigenvalue weighted by molar-refractivity contribution is -0.120. The minimum Gasteiger partial charge on any atom is -0.486 e. The Kier molecular flexibility index (Phi) is 7.60. The van der Waals surface area contributed by atoms with Gasteiger partial charge in [0.25, 0.3) is 0 Å². The molecule has 0 aliphatic carbocycles. The van der Waals surface area contributed by atoms with Crippen LogP contribution in [-0.2, 0) is 26.1 Å². The van der Waals surface area contributed by atoms with Gasteiger partial charge in [-0.1, -0.05) is 0 Å². The largest absolute Gasteiger partial charge is 0.486 e. The topological polar surface area (TPSA) is 116 Å². The van der Waals surface area contributed by atoms with Crippen molar-refractivity contribution in [3.8, 4) is 11.5 Å². The summed E-state index contributed by atoms with van der Waals surface area (Å²) < 4.78 is 47.1. The number of piperidine rings is 1. The maximum atomic E-state index is 13.8. The van der Waals surface area contributed by atoms with Crippen LogP contribution in [0.15, 0.2) is 23.1 Å². The van der Waals surface area contributed by atoms with Crippen LogP contribution in [-0.4, -0.2) is 62.1 Å². The highest BCUT2D eigenvalue weighted by Crippen LogP contribution is 2.34. The fourth-order valence-corrected chi connectivity index (χ4v) is 6.93. The summed E-state index contributed by atoms with van der Waals surface area (Å²) in [5.74, 6) is -0.284. The summed E-state index contributed by atoms with van der Waals surface area (Å²) in [6.07, 6.45) is 1.08. The zero-order valence-corrected chi connectivity index (χ0v) is 21.9. The Labute approximate surface area is 211 Å². The van der Waals surface area contributed by atoms with Gasteiger partial charge < -0.3 is 24.1 Å². The maximum Gasteiger partial charge on any atom is 0.341 e. The number of esters is 1. The van der Waals surface area contributed by atoms with Crippen LogP contribution in [0.5, 0.6) is 11.5 Å². The van der Waals surface area contributed by atoms with Crippen molar-refractivity contribution in [2.75, 3.05) is 38.2 Å². The molecule has 1 atom stereocenters. The molecule has 0 radical (unpaired) electrons. The molecule has 0 spiro atoms. The minimum absolute atomic E-state index is 0.0246. The molecule has 0 saturated carbocycles. The average Bonchev–Trinajstić information content (AvgIpc) is 3.14. The summed E-state index contributed by atoms with van der Waals surface area (Å²) in [6, 6.07) is 5.17. The van der Waals surface area contributed by atoms with E-state index in [1.807, 2.05) is 6.92 Å². The van der Waals surface area contributed by atoms with Gasteiger partial charge >= 0.3 is 5.97 Å². The van der Waals surface area contributed by atoms with E-state index in [2.05, 4.69) is 5.32 Å². The van der Waals surface area contributed by atoms with Crippen LogP contribution in [0, 0.1) is 19.8 Å². The molecule has 10 nitrogen and oxygen atoms in total. The Morgan fingerprint density at radius 2 is 1.83 bits per heavy atom. The molecule has 1 amide bonds. The van der Waals surface area contributed by atoms with E-state index in [9.17, 15) is 18.0 Å². The van der Waals surface area contributed by atoms with Gasteiger partial charge in [-0.2, -0.15) is 4.31 Å². The van der Waals surface area contributed by atoms with E-state index in [1.165, 1.54) is 4.31 Å². The Morgan fingerprint density at radius 1 is 1.11 bits per heavy atom. The third kappa shape index (κ3) is 4.81. The molecule has 11 heteroatoms. The van der Waals surface area contributed by atoms with Gasteiger partial charge in [0, 0.05) is 42.8 Å².